The molecule has 8 heteroatoms. The van der Waals surface area contributed by atoms with Crippen molar-refractivity contribution in [3.8, 4) is 0 Å². The molecule has 5 rings (SSSR count). The first-order valence-corrected chi connectivity index (χ1v) is 11.5. The fourth-order valence-electron chi connectivity index (χ4n) is 8.69. The quantitative estimate of drug-likeness (QED) is 0.320. The first-order valence-electron chi connectivity index (χ1n) is 11.5. The number of hydrogen-bond acceptors (Lipinski definition) is 8. The molecule has 0 bridgehead atoms. The second-order valence-corrected chi connectivity index (χ2v) is 11.0. The average Bonchev–Trinajstić information content (AvgIpc) is 3.21. The molecule has 6 N–H and O–H groups in total. The van der Waals surface area contributed by atoms with E-state index in [0.29, 0.717) is 19.3 Å². The molecule has 31 heavy (non-hydrogen) atoms. The highest BCUT2D eigenvalue weighted by atomic mass is 16.5. The Morgan fingerprint density at radius 1 is 1.13 bits per heavy atom. The molecule has 4 aliphatic carbocycles. The molecule has 0 spiro atoms. The molecule has 10 atom stereocenters. The van der Waals surface area contributed by atoms with E-state index >= 15 is 0 Å². The summed E-state index contributed by atoms with van der Waals surface area (Å²) in [5.74, 6) is -1.62. The standard InChI is InChI=1S/C23H34O8/c1-20-9-16(26)19-15(23(20,30)5-3-14(20)12-6-18(28)31-10-12)2-4-21(29)8-13(25)7-17(27)22(19,21)11-24/h6,13-17,19,24-27,29-30H,2-5,7-11H2,1H3/t13-,14-,15-,16+,17-,19-,20-,21+,22+,23-/m0/s1. The van der Waals surface area contributed by atoms with Crippen LogP contribution in [0.5, 0.6) is 0 Å². The molecular weight excluding hydrogens is 404 g/mol. The van der Waals surface area contributed by atoms with Gasteiger partial charge in [-0.25, -0.2) is 4.79 Å². The van der Waals surface area contributed by atoms with Gasteiger partial charge in [0.15, 0.2) is 0 Å². The lowest BCUT2D eigenvalue weighted by Gasteiger charge is -2.68. The van der Waals surface area contributed by atoms with Crippen molar-refractivity contribution in [2.75, 3.05) is 13.2 Å². The number of carbonyl (C=O) groups is 1. The Balaban J connectivity index is 1.58. The van der Waals surface area contributed by atoms with Crippen LogP contribution in [0.1, 0.15) is 51.9 Å². The third-order valence-electron chi connectivity index (χ3n) is 10.1. The number of rotatable bonds is 2. The Kier molecular flexibility index (Phi) is 4.74. The van der Waals surface area contributed by atoms with E-state index in [1.807, 2.05) is 6.92 Å². The fourth-order valence-corrected chi connectivity index (χ4v) is 8.69. The number of esters is 1. The van der Waals surface area contributed by atoms with Crippen molar-refractivity contribution in [1.82, 2.24) is 0 Å². The maximum Gasteiger partial charge on any atom is 0.331 e. The van der Waals surface area contributed by atoms with Crippen molar-refractivity contribution in [3.05, 3.63) is 11.6 Å². The molecule has 1 aliphatic heterocycles. The summed E-state index contributed by atoms with van der Waals surface area (Å²) in [6, 6.07) is 0. The second-order valence-electron chi connectivity index (χ2n) is 11.0. The predicted octanol–water partition coefficient (Wildman–Crippen LogP) is -0.367. The van der Waals surface area contributed by atoms with Gasteiger partial charge in [0, 0.05) is 30.3 Å². The van der Waals surface area contributed by atoms with Gasteiger partial charge in [-0.1, -0.05) is 6.92 Å². The molecule has 4 fully saturated rings. The molecule has 4 saturated carbocycles. The number of hydrogen-bond donors (Lipinski definition) is 6. The van der Waals surface area contributed by atoms with E-state index in [1.54, 1.807) is 0 Å². The summed E-state index contributed by atoms with van der Waals surface area (Å²) < 4.78 is 5.11. The largest absolute Gasteiger partial charge is 0.458 e. The normalized spacial score (nSPS) is 56.4. The van der Waals surface area contributed by atoms with E-state index < -0.39 is 58.8 Å². The lowest BCUT2D eigenvalue weighted by molar-refractivity contribution is -0.317. The molecule has 174 valence electrons. The fraction of sp³-hybridized carbons (Fsp3) is 0.870. The Hall–Kier alpha value is -1.03. The van der Waals surface area contributed by atoms with Crippen molar-refractivity contribution in [2.24, 2.45) is 28.6 Å². The van der Waals surface area contributed by atoms with Crippen LogP contribution in [0.3, 0.4) is 0 Å². The summed E-state index contributed by atoms with van der Waals surface area (Å²) in [5.41, 5.74) is -3.95. The summed E-state index contributed by atoms with van der Waals surface area (Å²) in [7, 11) is 0. The highest BCUT2D eigenvalue weighted by Crippen LogP contribution is 2.70. The monoisotopic (exact) mass is 438 g/mol. The van der Waals surface area contributed by atoms with Crippen LogP contribution in [-0.4, -0.2) is 79.3 Å². The SMILES string of the molecule is C[C@@]12C[C@@H](O)[C@@H]3[C@H](CC[C@@]4(O)C[C@@H](O)C[C@H](O)[C@]34CO)[C@@]1(O)CC[C@H]2C1=CC(=O)OC1. The number of fused-ring (bicyclic) bond motifs is 5. The van der Waals surface area contributed by atoms with E-state index in [-0.39, 0.29) is 44.2 Å². The highest BCUT2D eigenvalue weighted by Gasteiger charge is 2.75. The Morgan fingerprint density at radius 3 is 2.52 bits per heavy atom. The van der Waals surface area contributed by atoms with E-state index in [0.717, 1.165) is 5.57 Å². The van der Waals surface area contributed by atoms with Crippen LogP contribution in [0.15, 0.2) is 11.6 Å². The number of ether oxygens (including phenoxy) is 1. The zero-order valence-corrected chi connectivity index (χ0v) is 17.9. The maximum absolute atomic E-state index is 12.1. The third kappa shape index (κ3) is 2.55. The second kappa shape index (κ2) is 6.74. The van der Waals surface area contributed by atoms with Crippen molar-refractivity contribution in [3.63, 3.8) is 0 Å². The van der Waals surface area contributed by atoms with Gasteiger partial charge in [-0.2, -0.15) is 0 Å². The zero-order valence-electron chi connectivity index (χ0n) is 17.9. The van der Waals surface area contributed by atoms with Gasteiger partial charge < -0.3 is 35.4 Å². The molecule has 0 amide bonds. The van der Waals surface area contributed by atoms with Gasteiger partial charge in [-0.3, -0.25) is 0 Å². The Bertz CT molecular complexity index is 813. The molecular formula is C23H34O8. The third-order valence-corrected chi connectivity index (χ3v) is 10.1. The molecule has 0 saturated heterocycles. The van der Waals surface area contributed by atoms with Gasteiger partial charge in [0.25, 0.3) is 0 Å². The molecule has 0 aromatic rings. The van der Waals surface area contributed by atoms with Gasteiger partial charge in [-0.05, 0) is 49.5 Å². The number of aliphatic hydroxyl groups excluding tert-OH is 4. The van der Waals surface area contributed by atoms with Gasteiger partial charge in [0.2, 0.25) is 0 Å². The van der Waals surface area contributed by atoms with E-state index in [1.165, 1.54) is 6.08 Å². The van der Waals surface area contributed by atoms with Crippen LogP contribution in [-0.2, 0) is 9.53 Å². The molecule has 8 nitrogen and oxygen atoms in total. The minimum absolute atomic E-state index is 0.0173. The van der Waals surface area contributed by atoms with Crippen LogP contribution >= 0.6 is 0 Å². The van der Waals surface area contributed by atoms with E-state index in [4.69, 9.17) is 4.74 Å². The van der Waals surface area contributed by atoms with Gasteiger partial charge >= 0.3 is 5.97 Å². The molecule has 0 unspecified atom stereocenters. The van der Waals surface area contributed by atoms with Crippen molar-refractivity contribution < 1.29 is 40.2 Å². The molecule has 1 heterocycles. The average molecular weight is 439 g/mol. The molecule has 0 aromatic carbocycles. The van der Waals surface area contributed by atoms with E-state index in [2.05, 4.69) is 0 Å². The summed E-state index contributed by atoms with van der Waals surface area (Å²) in [6.45, 7) is 1.64. The summed E-state index contributed by atoms with van der Waals surface area (Å²) in [5, 5.41) is 67.0. The molecule has 0 aromatic heterocycles. The lowest BCUT2D eigenvalue weighted by atomic mass is 9.40. The minimum atomic E-state index is -1.52. The van der Waals surface area contributed by atoms with Crippen LogP contribution in [0, 0.1) is 28.6 Å². The topological polar surface area (TPSA) is 148 Å². The van der Waals surface area contributed by atoms with Crippen molar-refractivity contribution >= 4 is 5.97 Å². The van der Waals surface area contributed by atoms with Gasteiger partial charge in [0.1, 0.15) is 6.61 Å². The Morgan fingerprint density at radius 2 is 1.87 bits per heavy atom. The minimum Gasteiger partial charge on any atom is -0.458 e. The number of cyclic esters (lactones) is 1. The van der Waals surface area contributed by atoms with Crippen LogP contribution in [0.2, 0.25) is 0 Å². The highest BCUT2D eigenvalue weighted by molar-refractivity contribution is 5.85. The molecule has 5 aliphatic rings. The van der Waals surface area contributed by atoms with Crippen molar-refractivity contribution in [2.45, 2.75) is 81.4 Å². The number of aliphatic hydroxyl groups is 6. The predicted molar refractivity (Wildman–Crippen MR) is 107 cm³/mol. The van der Waals surface area contributed by atoms with Gasteiger partial charge in [0.05, 0.1) is 41.5 Å². The summed E-state index contributed by atoms with van der Waals surface area (Å²) >= 11 is 0. The lowest BCUT2D eigenvalue weighted by Crippen LogP contribution is -2.75. The smallest absolute Gasteiger partial charge is 0.331 e. The Labute approximate surface area is 181 Å². The van der Waals surface area contributed by atoms with Crippen LogP contribution < -0.4 is 0 Å². The van der Waals surface area contributed by atoms with Crippen LogP contribution in [0.25, 0.3) is 0 Å². The molecule has 0 radical (unpaired) electrons. The van der Waals surface area contributed by atoms with Gasteiger partial charge in [-0.15, -0.1) is 0 Å². The number of carbonyl (C=O) groups excluding carboxylic acids is 1. The van der Waals surface area contributed by atoms with E-state index in [9.17, 15) is 35.4 Å². The zero-order chi connectivity index (χ0) is 22.4. The van der Waals surface area contributed by atoms with Crippen molar-refractivity contribution in [1.29, 1.82) is 0 Å². The first kappa shape index (κ1) is 21.8. The van der Waals surface area contributed by atoms with Crippen LogP contribution in [0.4, 0.5) is 0 Å². The first-order chi connectivity index (χ1) is 14.5. The summed E-state index contributed by atoms with van der Waals surface area (Å²) in [6.07, 6.45) is 0.531. The maximum atomic E-state index is 12.1. The summed E-state index contributed by atoms with van der Waals surface area (Å²) in [4.78, 5) is 11.7.